The van der Waals surface area contributed by atoms with Crippen molar-refractivity contribution in [1.82, 2.24) is 4.90 Å². The number of likely N-dealkylation sites (N-methyl/N-ethyl adjacent to an activating group) is 1. The fourth-order valence-electron chi connectivity index (χ4n) is 2.36. The second kappa shape index (κ2) is 4.19. The minimum atomic E-state index is -0.611. The first-order valence-electron chi connectivity index (χ1n) is 5.96. The van der Waals surface area contributed by atoms with Crippen LogP contribution in [-0.2, 0) is 19.4 Å². The number of hydrogen-bond acceptors (Lipinski definition) is 2. The Morgan fingerprint density at radius 3 is 2.75 bits per heavy atom. The zero-order valence-corrected chi connectivity index (χ0v) is 10.5. The van der Waals surface area contributed by atoms with Gasteiger partial charge < -0.3 is 10.0 Å². The second-order valence-corrected chi connectivity index (χ2v) is 5.58. The van der Waals surface area contributed by atoms with Gasteiger partial charge in [-0.15, -0.1) is 0 Å². The molecule has 0 unspecified atom stereocenters. The number of aliphatic hydroxyl groups is 1. The molecule has 88 valence electrons. The molecule has 1 aliphatic rings. The first-order valence-corrected chi connectivity index (χ1v) is 5.96. The van der Waals surface area contributed by atoms with Crippen LogP contribution in [0.1, 0.15) is 30.5 Å². The lowest BCUT2D eigenvalue weighted by atomic mass is 9.92. The second-order valence-electron chi connectivity index (χ2n) is 5.58. The van der Waals surface area contributed by atoms with Crippen LogP contribution in [0, 0.1) is 0 Å². The van der Waals surface area contributed by atoms with E-state index in [0.29, 0.717) is 0 Å². The third-order valence-corrected chi connectivity index (χ3v) is 3.11. The van der Waals surface area contributed by atoms with Gasteiger partial charge in [-0.1, -0.05) is 18.2 Å². The first kappa shape index (κ1) is 11.6. The quantitative estimate of drug-likeness (QED) is 0.822. The molecule has 0 atom stereocenters. The summed E-state index contributed by atoms with van der Waals surface area (Å²) in [6, 6.07) is 6.63. The summed E-state index contributed by atoms with van der Waals surface area (Å²) in [5.74, 6) is 0. The SMILES string of the molecule is CN1CCc2cc(CC(C)(C)O)ccc2C1. The zero-order chi connectivity index (χ0) is 11.8. The van der Waals surface area contributed by atoms with Gasteiger partial charge in [-0.2, -0.15) is 0 Å². The number of benzene rings is 1. The highest BCUT2D eigenvalue weighted by atomic mass is 16.3. The van der Waals surface area contributed by atoms with Gasteiger partial charge in [-0.3, -0.25) is 0 Å². The van der Waals surface area contributed by atoms with E-state index in [9.17, 15) is 5.11 Å². The molecule has 0 bridgehead atoms. The van der Waals surface area contributed by atoms with Gasteiger partial charge >= 0.3 is 0 Å². The molecule has 1 aliphatic heterocycles. The molecule has 0 radical (unpaired) electrons. The molecule has 2 rings (SSSR count). The van der Waals surface area contributed by atoms with Gasteiger partial charge in [0.2, 0.25) is 0 Å². The summed E-state index contributed by atoms with van der Waals surface area (Å²) >= 11 is 0. The molecule has 1 aromatic rings. The van der Waals surface area contributed by atoms with Crippen molar-refractivity contribution in [3.05, 3.63) is 34.9 Å². The van der Waals surface area contributed by atoms with E-state index >= 15 is 0 Å². The van der Waals surface area contributed by atoms with E-state index in [4.69, 9.17) is 0 Å². The maximum absolute atomic E-state index is 9.81. The highest BCUT2D eigenvalue weighted by Crippen LogP contribution is 2.21. The van der Waals surface area contributed by atoms with Crippen LogP contribution in [0.3, 0.4) is 0 Å². The van der Waals surface area contributed by atoms with Gasteiger partial charge in [0.1, 0.15) is 0 Å². The van der Waals surface area contributed by atoms with Gasteiger partial charge in [-0.25, -0.2) is 0 Å². The van der Waals surface area contributed by atoms with E-state index in [2.05, 4.69) is 30.1 Å². The molecule has 0 fully saturated rings. The molecule has 1 heterocycles. The molecule has 0 saturated heterocycles. The Labute approximate surface area is 97.9 Å². The summed E-state index contributed by atoms with van der Waals surface area (Å²) in [7, 11) is 2.16. The number of nitrogens with zero attached hydrogens (tertiary/aromatic N) is 1. The van der Waals surface area contributed by atoms with Crippen molar-refractivity contribution < 1.29 is 5.11 Å². The minimum absolute atomic E-state index is 0.611. The van der Waals surface area contributed by atoms with Crippen LogP contribution in [0.5, 0.6) is 0 Å². The monoisotopic (exact) mass is 219 g/mol. The van der Waals surface area contributed by atoms with Crippen LogP contribution < -0.4 is 0 Å². The highest BCUT2D eigenvalue weighted by Gasteiger charge is 2.17. The van der Waals surface area contributed by atoms with E-state index in [0.717, 1.165) is 25.9 Å². The Hall–Kier alpha value is -0.860. The van der Waals surface area contributed by atoms with Gasteiger partial charge in [-0.05, 0) is 44.0 Å². The van der Waals surface area contributed by atoms with Crippen LogP contribution in [0.2, 0.25) is 0 Å². The van der Waals surface area contributed by atoms with Crippen LogP contribution >= 0.6 is 0 Å². The third-order valence-electron chi connectivity index (χ3n) is 3.11. The van der Waals surface area contributed by atoms with E-state index in [-0.39, 0.29) is 0 Å². The molecule has 2 nitrogen and oxygen atoms in total. The van der Waals surface area contributed by atoms with Crippen molar-refractivity contribution in [2.75, 3.05) is 13.6 Å². The lowest BCUT2D eigenvalue weighted by Crippen LogP contribution is -2.27. The van der Waals surface area contributed by atoms with E-state index < -0.39 is 5.60 Å². The van der Waals surface area contributed by atoms with Crippen molar-refractivity contribution in [3.8, 4) is 0 Å². The molecule has 0 aliphatic carbocycles. The van der Waals surface area contributed by atoms with Crippen molar-refractivity contribution in [2.45, 2.75) is 38.8 Å². The number of fused-ring (bicyclic) bond motifs is 1. The summed E-state index contributed by atoms with van der Waals surface area (Å²) in [5.41, 5.74) is 3.53. The Morgan fingerprint density at radius 2 is 2.06 bits per heavy atom. The molecule has 0 amide bonds. The summed E-state index contributed by atoms with van der Waals surface area (Å²) in [4.78, 5) is 2.35. The number of rotatable bonds is 2. The van der Waals surface area contributed by atoms with E-state index in [1.54, 1.807) is 0 Å². The number of hydrogen-bond donors (Lipinski definition) is 1. The average Bonchev–Trinajstić information content (AvgIpc) is 2.16. The Balaban J connectivity index is 2.20. The van der Waals surface area contributed by atoms with Crippen molar-refractivity contribution in [3.63, 3.8) is 0 Å². The maximum Gasteiger partial charge on any atom is 0.0631 e. The fourth-order valence-corrected chi connectivity index (χ4v) is 2.36. The fraction of sp³-hybridized carbons (Fsp3) is 0.571. The molecule has 0 aromatic heterocycles. The zero-order valence-electron chi connectivity index (χ0n) is 10.5. The molecule has 16 heavy (non-hydrogen) atoms. The minimum Gasteiger partial charge on any atom is -0.390 e. The normalized spacial score (nSPS) is 17.2. The standard InChI is InChI=1S/C14H21NO/c1-14(2,16)9-11-4-5-13-10-15(3)7-6-12(13)8-11/h4-5,8,16H,6-7,9-10H2,1-3H3. The average molecular weight is 219 g/mol. The smallest absolute Gasteiger partial charge is 0.0631 e. The van der Waals surface area contributed by atoms with Crippen molar-refractivity contribution >= 4 is 0 Å². The Morgan fingerprint density at radius 1 is 1.31 bits per heavy atom. The van der Waals surface area contributed by atoms with E-state index in [1.165, 1.54) is 16.7 Å². The van der Waals surface area contributed by atoms with Gasteiger partial charge in [0, 0.05) is 19.5 Å². The summed E-state index contributed by atoms with van der Waals surface area (Å²) in [6.07, 6.45) is 1.86. The summed E-state index contributed by atoms with van der Waals surface area (Å²) in [5, 5.41) is 9.81. The molecule has 0 saturated carbocycles. The maximum atomic E-state index is 9.81. The lowest BCUT2D eigenvalue weighted by Gasteiger charge is -2.26. The van der Waals surface area contributed by atoms with Crippen LogP contribution in [0.25, 0.3) is 0 Å². The van der Waals surface area contributed by atoms with Gasteiger partial charge in [0.25, 0.3) is 0 Å². The van der Waals surface area contributed by atoms with Crippen LogP contribution in [-0.4, -0.2) is 29.2 Å². The first-order chi connectivity index (χ1) is 7.44. The largest absolute Gasteiger partial charge is 0.390 e. The third kappa shape index (κ3) is 2.83. The topological polar surface area (TPSA) is 23.5 Å². The molecule has 0 spiro atoms. The Bertz CT molecular complexity index is 379. The van der Waals surface area contributed by atoms with E-state index in [1.807, 2.05) is 13.8 Å². The summed E-state index contributed by atoms with van der Waals surface area (Å²) in [6.45, 7) is 5.91. The molecular formula is C14H21NO. The Kier molecular flexibility index (Phi) is 3.04. The highest BCUT2D eigenvalue weighted by molar-refractivity contribution is 5.34. The molecule has 1 aromatic carbocycles. The van der Waals surface area contributed by atoms with Crippen molar-refractivity contribution in [2.24, 2.45) is 0 Å². The van der Waals surface area contributed by atoms with Gasteiger partial charge in [0.15, 0.2) is 0 Å². The van der Waals surface area contributed by atoms with Gasteiger partial charge in [0.05, 0.1) is 5.60 Å². The summed E-state index contributed by atoms with van der Waals surface area (Å²) < 4.78 is 0. The lowest BCUT2D eigenvalue weighted by molar-refractivity contribution is 0.0809. The predicted molar refractivity (Wildman–Crippen MR) is 66.5 cm³/mol. The molecular weight excluding hydrogens is 198 g/mol. The van der Waals surface area contributed by atoms with Crippen LogP contribution in [0.15, 0.2) is 18.2 Å². The predicted octanol–water partition coefficient (Wildman–Crippen LogP) is 1.99. The van der Waals surface area contributed by atoms with Crippen molar-refractivity contribution in [1.29, 1.82) is 0 Å². The molecule has 2 heteroatoms. The van der Waals surface area contributed by atoms with Crippen LogP contribution in [0.4, 0.5) is 0 Å². The molecule has 1 N–H and O–H groups in total.